The minimum absolute atomic E-state index is 0.279. The van der Waals surface area contributed by atoms with E-state index in [0.29, 0.717) is 18.5 Å². The molecule has 0 saturated heterocycles. The van der Waals surface area contributed by atoms with Gasteiger partial charge in [0, 0.05) is 18.4 Å². The van der Waals surface area contributed by atoms with E-state index in [0.717, 1.165) is 11.3 Å². The highest BCUT2D eigenvalue weighted by Crippen LogP contribution is 2.19. The Morgan fingerprint density at radius 3 is 2.82 bits per heavy atom. The average Bonchev–Trinajstić information content (AvgIpc) is 2.77. The van der Waals surface area contributed by atoms with Crippen LogP contribution in [0.15, 0.2) is 22.7 Å². The lowest BCUT2D eigenvalue weighted by Crippen LogP contribution is -2.00. The normalized spacial score (nSPS) is 12.4. The molecule has 1 N–H and O–H groups in total. The van der Waals surface area contributed by atoms with Crippen LogP contribution in [-0.2, 0) is 6.54 Å². The van der Waals surface area contributed by atoms with Crippen molar-refractivity contribution >= 4 is 17.6 Å². The van der Waals surface area contributed by atoms with Gasteiger partial charge in [0.25, 0.3) is 0 Å². The highest BCUT2D eigenvalue weighted by Gasteiger charge is 2.10. The molecule has 0 aliphatic heterocycles. The summed E-state index contributed by atoms with van der Waals surface area (Å²) in [4.78, 5) is 4.20. The third-order valence-corrected chi connectivity index (χ3v) is 2.38. The molecule has 0 saturated carbocycles. The summed E-state index contributed by atoms with van der Waals surface area (Å²) >= 11 is 5.82. The fourth-order valence-corrected chi connectivity index (χ4v) is 1.34. The topological polar surface area (TPSA) is 63.8 Å². The first kappa shape index (κ1) is 11.9. The Labute approximate surface area is 104 Å². The monoisotopic (exact) mass is 252 g/mol. The van der Waals surface area contributed by atoms with Gasteiger partial charge in [0.1, 0.15) is 5.38 Å². The number of hydrogen-bond acceptors (Lipinski definition) is 5. The molecule has 2 rings (SSSR count). The molecule has 90 valence electrons. The second-order valence-corrected chi connectivity index (χ2v) is 4.38. The minimum atomic E-state index is -0.279. The molecule has 2 aromatic rings. The third kappa shape index (κ3) is 3.17. The smallest absolute Gasteiger partial charge is 0.315 e. The van der Waals surface area contributed by atoms with Gasteiger partial charge >= 0.3 is 6.01 Å². The molecule has 1 unspecified atom stereocenters. The van der Waals surface area contributed by atoms with Gasteiger partial charge in [-0.2, -0.15) is 0 Å². The second-order valence-electron chi connectivity index (χ2n) is 3.72. The summed E-state index contributed by atoms with van der Waals surface area (Å²) < 4.78 is 5.30. The first-order valence-corrected chi connectivity index (χ1v) is 5.71. The number of alkyl halides is 1. The quantitative estimate of drug-likeness (QED) is 0.848. The zero-order valence-electron chi connectivity index (χ0n) is 9.64. The molecule has 0 aromatic carbocycles. The molecule has 0 fully saturated rings. The summed E-state index contributed by atoms with van der Waals surface area (Å²) in [6, 6.07) is 4.32. The molecule has 2 heterocycles. The Kier molecular flexibility index (Phi) is 3.58. The number of aromatic nitrogens is 3. The van der Waals surface area contributed by atoms with Crippen molar-refractivity contribution in [2.45, 2.75) is 25.8 Å². The Bertz CT molecular complexity index is 480. The van der Waals surface area contributed by atoms with Crippen LogP contribution in [0.1, 0.15) is 29.4 Å². The van der Waals surface area contributed by atoms with E-state index in [1.807, 2.05) is 25.3 Å². The van der Waals surface area contributed by atoms with Gasteiger partial charge in [0.05, 0.1) is 0 Å². The van der Waals surface area contributed by atoms with Crippen molar-refractivity contribution < 1.29 is 4.42 Å². The zero-order valence-corrected chi connectivity index (χ0v) is 10.4. The molecule has 0 amide bonds. The van der Waals surface area contributed by atoms with Crippen LogP contribution >= 0.6 is 11.6 Å². The van der Waals surface area contributed by atoms with Gasteiger partial charge in [-0.3, -0.25) is 4.98 Å². The highest BCUT2D eigenvalue weighted by molar-refractivity contribution is 6.20. The first-order valence-electron chi connectivity index (χ1n) is 5.28. The van der Waals surface area contributed by atoms with Gasteiger partial charge in [0.2, 0.25) is 5.89 Å². The number of nitrogens with one attached hydrogen (secondary N) is 1. The molecular formula is C11H13ClN4O. The lowest BCUT2D eigenvalue weighted by atomic mass is 10.2. The molecule has 0 spiro atoms. The average molecular weight is 253 g/mol. The Morgan fingerprint density at radius 1 is 1.41 bits per heavy atom. The number of pyridine rings is 1. The third-order valence-electron chi connectivity index (χ3n) is 2.20. The van der Waals surface area contributed by atoms with E-state index in [9.17, 15) is 0 Å². The maximum absolute atomic E-state index is 5.82. The maximum Gasteiger partial charge on any atom is 0.315 e. The molecule has 1 atom stereocenters. The maximum atomic E-state index is 5.82. The van der Waals surface area contributed by atoms with E-state index >= 15 is 0 Å². The Balaban J connectivity index is 1.95. The van der Waals surface area contributed by atoms with Crippen molar-refractivity contribution in [3.8, 4) is 0 Å². The van der Waals surface area contributed by atoms with Crippen molar-refractivity contribution in [1.29, 1.82) is 0 Å². The molecule has 0 aliphatic rings. The van der Waals surface area contributed by atoms with E-state index in [-0.39, 0.29) is 5.38 Å². The summed E-state index contributed by atoms with van der Waals surface area (Å²) in [7, 11) is 0. The molecule has 6 heteroatoms. The van der Waals surface area contributed by atoms with Crippen LogP contribution in [0.2, 0.25) is 0 Å². The molecule has 5 nitrogen and oxygen atoms in total. The number of aryl methyl sites for hydroxylation is 1. The zero-order chi connectivity index (χ0) is 12.3. The highest BCUT2D eigenvalue weighted by atomic mass is 35.5. The SMILES string of the molecule is Cc1ccc(CNc2nnc(C(C)Cl)o2)cn1. The summed E-state index contributed by atoms with van der Waals surface area (Å²) in [6.45, 7) is 4.32. The van der Waals surface area contributed by atoms with Crippen molar-refractivity contribution in [3.05, 3.63) is 35.5 Å². The van der Waals surface area contributed by atoms with Crippen molar-refractivity contribution in [1.82, 2.24) is 15.2 Å². The summed E-state index contributed by atoms with van der Waals surface area (Å²) in [5.74, 6) is 0.413. The number of anilines is 1. The summed E-state index contributed by atoms with van der Waals surface area (Å²) in [5, 5.41) is 10.4. The van der Waals surface area contributed by atoms with E-state index in [1.165, 1.54) is 0 Å². The van der Waals surface area contributed by atoms with E-state index in [2.05, 4.69) is 20.5 Å². The van der Waals surface area contributed by atoms with Gasteiger partial charge in [-0.1, -0.05) is 11.2 Å². The van der Waals surface area contributed by atoms with Gasteiger partial charge in [-0.15, -0.1) is 16.7 Å². The lowest BCUT2D eigenvalue weighted by Gasteiger charge is -2.01. The van der Waals surface area contributed by atoms with Crippen molar-refractivity contribution in [3.63, 3.8) is 0 Å². The minimum Gasteiger partial charge on any atom is -0.406 e. The molecule has 2 aromatic heterocycles. The van der Waals surface area contributed by atoms with E-state index < -0.39 is 0 Å². The van der Waals surface area contributed by atoms with Crippen LogP contribution in [0.3, 0.4) is 0 Å². The van der Waals surface area contributed by atoms with Gasteiger partial charge in [-0.25, -0.2) is 0 Å². The predicted octanol–water partition coefficient (Wildman–Crippen LogP) is 2.68. The number of rotatable bonds is 4. The van der Waals surface area contributed by atoms with E-state index in [1.54, 1.807) is 6.92 Å². The van der Waals surface area contributed by atoms with Crippen LogP contribution < -0.4 is 5.32 Å². The van der Waals surface area contributed by atoms with Gasteiger partial charge in [0.15, 0.2) is 0 Å². The van der Waals surface area contributed by atoms with Crippen molar-refractivity contribution in [2.75, 3.05) is 5.32 Å². The van der Waals surface area contributed by atoms with Crippen LogP contribution in [0.25, 0.3) is 0 Å². The summed E-state index contributed by atoms with van der Waals surface area (Å²) in [5.41, 5.74) is 2.04. The number of halogens is 1. The van der Waals surface area contributed by atoms with Crippen molar-refractivity contribution in [2.24, 2.45) is 0 Å². The van der Waals surface area contributed by atoms with Crippen LogP contribution in [0.4, 0.5) is 6.01 Å². The Hall–Kier alpha value is -1.62. The Morgan fingerprint density at radius 2 is 2.24 bits per heavy atom. The van der Waals surface area contributed by atoms with E-state index in [4.69, 9.17) is 16.0 Å². The lowest BCUT2D eigenvalue weighted by molar-refractivity contribution is 0.505. The van der Waals surface area contributed by atoms with Crippen LogP contribution in [0, 0.1) is 6.92 Å². The van der Waals surface area contributed by atoms with Crippen LogP contribution in [0.5, 0.6) is 0 Å². The van der Waals surface area contributed by atoms with Gasteiger partial charge in [-0.05, 0) is 25.5 Å². The van der Waals surface area contributed by atoms with Gasteiger partial charge < -0.3 is 9.73 Å². The molecule has 17 heavy (non-hydrogen) atoms. The predicted molar refractivity (Wildman–Crippen MR) is 64.9 cm³/mol. The molecular weight excluding hydrogens is 240 g/mol. The molecule has 0 radical (unpaired) electrons. The molecule has 0 bridgehead atoms. The molecule has 0 aliphatic carbocycles. The standard InChI is InChI=1S/C11H13ClN4O/c1-7-3-4-9(5-13-7)6-14-11-16-15-10(17-11)8(2)12/h3-5,8H,6H2,1-2H3,(H,14,16). The van der Waals surface area contributed by atoms with Crippen LogP contribution in [-0.4, -0.2) is 15.2 Å². The fraction of sp³-hybridized carbons (Fsp3) is 0.364. The summed E-state index contributed by atoms with van der Waals surface area (Å²) in [6.07, 6.45) is 1.81. The second kappa shape index (κ2) is 5.14. The number of hydrogen-bond donors (Lipinski definition) is 1. The first-order chi connectivity index (χ1) is 8.15. The fourth-order valence-electron chi connectivity index (χ4n) is 1.25. The number of nitrogens with zero attached hydrogens (tertiary/aromatic N) is 3. The largest absolute Gasteiger partial charge is 0.406 e.